The molecule has 0 bridgehead atoms. The molecule has 2 unspecified atom stereocenters. The number of piperidine rings is 1. The second-order valence-electron chi connectivity index (χ2n) is 9.20. The largest absolute Gasteiger partial charge is 0.481 e. The Morgan fingerprint density at radius 1 is 1.06 bits per heavy atom. The number of hydrogen-bond donors (Lipinski definition) is 1. The zero-order chi connectivity index (χ0) is 23.5. The highest BCUT2D eigenvalue weighted by atomic mass is 19.4. The van der Waals surface area contributed by atoms with Crippen LogP contribution in [0.3, 0.4) is 0 Å². The average Bonchev–Trinajstić information content (AvgIpc) is 2.74. The van der Waals surface area contributed by atoms with Gasteiger partial charge in [-0.25, -0.2) is 0 Å². The van der Waals surface area contributed by atoms with E-state index in [9.17, 15) is 23.1 Å². The molecular weight excluding hydrogens is 415 g/mol. The average molecular weight is 448 g/mol. The third-order valence-electron chi connectivity index (χ3n) is 6.60. The van der Waals surface area contributed by atoms with Crippen LogP contribution in [0.4, 0.5) is 13.2 Å². The lowest BCUT2D eigenvalue weighted by molar-refractivity contribution is -0.139. The first-order valence-electron chi connectivity index (χ1n) is 11.3. The molecule has 2 aromatic carbocycles. The van der Waals surface area contributed by atoms with Gasteiger partial charge in [0.2, 0.25) is 0 Å². The van der Waals surface area contributed by atoms with Crippen LogP contribution in [0, 0.1) is 5.92 Å². The number of carboxylic acids is 1. The SMILES string of the molecule is CC[C@@H]1CC(CC(=O)O)CC(c2ccc(C(F)(F)F)cc2)N1Cc1ccc(C(C)C)cc1. The number of carboxylic acid groups (broad SMARTS) is 1. The van der Waals surface area contributed by atoms with Gasteiger partial charge < -0.3 is 5.11 Å². The van der Waals surface area contributed by atoms with E-state index in [0.29, 0.717) is 18.9 Å². The molecule has 0 saturated carbocycles. The lowest BCUT2D eigenvalue weighted by Crippen LogP contribution is -2.44. The lowest BCUT2D eigenvalue weighted by atomic mass is 9.80. The van der Waals surface area contributed by atoms with Crippen molar-refractivity contribution < 1.29 is 23.1 Å². The summed E-state index contributed by atoms with van der Waals surface area (Å²) in [7, 11) is 0. The van der Waals surface area contributed by atoms with Crippen LogP contribution in [0.15, 0.2) is 48.5 Å². The van der Waals surface area contributed by atoms with Crippen LogP contribution in [-0.2, 0) is 17.5 Å². The van der Waals surface area contributed by atoms with Gasteiger partial charge in [-0.15, -0.1) is 0 Å². The highest BCUT2D eigenvalue weighted by molar-refractivity contribution is 5.67. The normalized spacial score (nSPS) is 22.3. The van der Waals surface area contributed by atoms with Crippen molar-refractivity contribution in [2.75, 3.05) is 0 Å². The Kier molecular flexibility index (Phi) is 7.65. The molecule has 174 valence electrons. The summed E-state index contributed by atoms with van der Waals surface area (Å²) in [5, 5.41) is 9.34. The van der Waals surface area contributed by atoms with E-state index >= 15 is 0 Å². The highest BCUT2D eigenvalue weighted by Crippen LogP contribution is 2.41. The molecule has 0 radical (unpaired) electrons. The standard InChI is InChI=1S/C26H32F3NO2/c1-4-23-13-19(15-25(31)32)14-24(21-9-11-22(12-10-21)26(27,28)29)30(23)16-18-5-7-20(8-6-18)17(2)3/h5-12,17,19,23-24H,4,13-16H2,1-3H3,(H,31,32)/t19?,23-,24?/m1/s1. The Morgan fingerprint density at radius 2 is 1.69 bits per heavy atom. The predicted octanol–water partition coefficient (Wildman–Crippen LogP) is 7.04. The van der Waals surface area contributed by atoms with Gasteiger partial charge >= 0.3 is 12.1 Å². The van der Waals surface area contributed by atoms with Crippen LogP contribution in [0.2, 0.25) is 0 Å². The Labute approximate surface area is 188 Å². The maximum absolute atomic E-state index is 13.1. The minimum Gasteiger partial charge on any atom is -0.481 e. The Balaban J connectivity index is 1.91. The number of hydrogen-bond acceptors (Lipinski definition) is 2. The van der Waals surface area contributed by atoms with Crippen molar-refractivity contribution in [3.05, 3.63) is 70.8 Å². The van der Waals surface area contributed by atoms with Gasteiger partial charge in [-0.2, -0.15) is 13.2 Å². The van der Waals surface area contributed by atoms with Crippen molar-refractivity contribution in [1.29, 1.82) is 0 Å². The highest BCUT2D eigenvalue weighted by Gasteiger charge is 2.37. The molecule has 1 heterocycles. The lowest BCUT2D eigenvalue weighted by Gasteiger charge is -2.45. The van der Waals surface area contributed by atoms with Crippen molar-refractivity contribution in [3.8, 4) is 0 Å². The van der Waals surface area contributed by atoms with E-state index in [1.54, 1.807) is 12.1 Å². The topological polar surface area (TPSA) is 40.5 Å². The van der Waals surface area contributed by atoms with E-state index in [0.717, 1.165) is 36.1 Å². The Hall–Kier alpha value is -2.34. The first-order chi connectivity index (χ1) is 15.1. The molecule has 0 aromatic heterocycles. The number of aliphatic carboxylic acids is 1. The quantitative estimate of drug-likeness (QED) is 0.495. The van der Waals surface area contributed by atoms with Gasteiger partial charge in [-0.1, -0.05) is 57.2 Å². The van der Waals surface area contributed by atoms with Gasteiger partial charge in [0, 0.05) is 25.0 Å². The van der Waals surface area contributed by atoms with Crippen molar-refractivity contribution in [2.45, 2.75) is 77.2 Å². The molecule has 0 amide bonds. The van der Waals surface area contributed by atoms with Gasteiger partial charge in [0.1, 0.15) is 0 Å². The van der Waals surface area contributed by atoms with Crippen molar-refractivity contribution in [2.24, 2.45) is 5.92 Å². The summed E-state index contributed by atoms with van der Waals surface area (Å²) in [6.45, 7) is 7.07. The molecule has 3 atom stereocenters. The summed E-state index contributed by atoms with van der Waals surface area (Å²) in [4.78, 5) is 13.7. The molecule has 0 spiro atoms. The molecule has 2 aromatic rings. The summed E-state index contributed by atoms with van der Waals surface area (Å²) in [5.74, 6) is -0.378. The van der Waals surface area contributed by atoms with E-state index < -0.39 is 17.7 Å². The van der Waals surface area contributed by atoms with Gasteiger partial charge in [0.15, 0.2) is 0 Å². The fourth-order valence-electron chi connectivity index (χ4n) is 4.82. The monoisotopic (exact) mass is 447 g/mol. The number of rotatable bonds is 7. The maximum Gasteiger partial charge on any atom is 0.416 e. The van der Waals surface area contributed by atoms with Gasteiger partial charge in [-0.3, -0.25) is 9.69 Å². The van der Waals surface area contributed by atoms with E-state index in [4.69, 9.17) is 0 Å². The molecule has 3 nitrogen and oxygen atoms in total. The molecule has 1 saturated heterocycles. The maximum atomic E-state index is 13.1. The zero-order valence-corrected chi connectivity index (χ0v) is 18.9. The van der Waals surface area contributed by atoms with Gasteiger partial charge in [0.25, 0.3) is 0 Å². The first kappa shape index (κ1) is 24.3. The molecule has 3 rings (SSSR count). The molecule has 1 aliphatic heterocycles. The predicted molar refractivity (Wildman–Crippen MR) is 119 cm³/mol. The molecule has 1 N–H and O–H groups in total. The summed E-state index contributed by atoms with van der Waals surface area (Å²) in [6.07, 6.45) is -2.02. The minimum absolute atomic E-state index is 0.00399. The molecule has 1 aliphatic rings. The Morgan fingerprint density at radius 3 is 2.19 bits per heavy atom. The molecule has 1 fully saturated rings. The van der Waals surface area contributed by atoms with Crippen LogP contribution >= 0.6 is 0 Å². The molecule has 6 heteroatoms. The fourth-order valence-corrected chi connectivity index (χ4v) is 4.82. The number of halogens is 3. The van der Waals surface area contributed by atoms with E-state index in [-0.39, 0.29) is 24.4 Å². The van der Waals surface area contributed by atoms with Crippen LogP contribution in [0.5, 0.6) is 0 Å². The van der Waals surface area contributed by atoms with Gasteiger partial charge in [-0.05, 0) is 59.9 Å². The van der Waals surface area contributed by atoms with Crippen molar-refractivity contribution in [1.82, 2.24) is 4.90 Å². The number of likely N-dealkylation sites (tertiary alicyclic amines) is 1. The number of carbonyl (C=O) groups is 1. The second-order valence-corrected chi connectivity index (χ2v) is 9.20. The second kappa shape index (κ2) is 10.1. The molecule has 0 aliphatic carbocycles. The zero-order valence-electron chi connectivity index (χ0n) is 18.9. The van der Waals surface area contributed by atoms with Crippen LogP contribution in [-0.4, -0.2) is 22.0 Å². The van der Waals surface area contributed by atoms with Crippen LogP contribution < -0.4 is 0 Å². The number of benzene rings is 2. The number of nitrogens with zero attached hydrogens (tertiary/aromatic N) is 1. The van der Waals surface area contributed by atoms with Crippen molar-refractivity contribution in [3.63, 3.8) is 0 Å². The summed E-state index contributed by atoms with van der Waals surface area (Å²) in [6, 6.07) is 13.9. The number of alkyl halides is 3. The van der Waals surface area contributed by atoms with Gasteiger partial charge in [0.05, 0.1) is 5.56 Å². The third-order valence-corrected chi connectivity index (χ3v) is 6.60. The Bertz CT molecular complexity index is 891. The summed E-state index contributed by atoms with van der Waals surface area (Å²) >= 11 is 0. The smallest absolute Gasteiger partial charge is 0.416 e. The first-order valence-corrected chi connectivity index (χ1v) is 11.3. The summed E-state index contributed by atoms with van der Waals surface area (Å²) in [5.41, 5.74) is 2.56. The molecular formula is C26H32F3NO2. The van der Waals surface area contributed by atoms with E-state index in [2.05, 4.69) is 49.9 Å². The van der Waals surface area contributed by atoms with Crippen molar-refractivity contribution >= 4 is 5.97 Å². The minimum atomic E-state index is -4.37. The van der Waals surface area contributed by atoms with Crippen LogP contribution in [0.1, 0.15) is 80.7 Å². The van der Waals surface area contributed by atoms with E-state index in [1.165, 1.54) is 5.56 Å². The van der Waals surface area contributed by atoms with E-state index in [1.807, 2.05) is 0 Å². The molecule has 32 heavy (non-hydrogen) atoms. The summed E-state index contributed by atoms with van der Waals surface area (Å²) < 4.78 is 39.2. The third kappa shape index (κ3) is 5.91. The van der Waals surface area contributed by atoms with Crippen LogP contribution in [0.25, 0.3) is 0 Å². The fraction of sp³-hybridized carbons (Fsp3) is 0.500.